The summed E-state index contributed by atoms with van der Waals surface area (Å²) in [7, 11) is 0. The van der Waals surface area contributed by atoms with Gasteiger partial charge in [0.1, 0.15) is 0 Å². The van der Waals surface area contributed by atoms with Gasteiger partial charge in [0, 0.05) is 29.6 Å². The van der Waals surface area contributed by atoms with Crippen molar-refractivity contribution in [1.29, 1.82) is 0 Å². The number of nitrogens with zero attached hydrogens (tertiary/aromatic N) is 1. The molecule has 0 aromatic carbocycles. The monoisotopic (exact) mass is 138 g/mol. The van der Waals surface area contributed by atoms with E-state index in [-0.39, 0.29) is 35.3 Å². The van der Waals surface area contributed by atoms with Crippen molar-refractivity contribution in [3.63, 3.8) is 0 Å². The first-order valence-corrected chi connectivity index (χ1v) is 2.95. The summed E-state index contributed by atoms with van der Waals surface area (Å²) in [6.07, 6.45) is 0. The predicted octanol–water partition coefficient (Wildman–Crippen LogP) is 0.297. The zero-order valence-electron chi connectivity index (χ0n) is 4.97. The molecule has 39 valence electrons. The molecule has 0 unspecified atom stereocenters. The Morgan fingerprint density at radius 1 is 1.75 bits per heavy atom. The minimum atomic E-state index is 0. The summed E-state index contributed by atoms with van der Waals surface area (Å²) in [5, 5.41) is 0. The Balaban J connectivity index is 0.000000490. The molecule has 1 heterocycles. The summed E-state index contributed by atoms with van der Waals surface area (Å²) in [4.78, 5) is 10.4. The molecule has 8 heavy (non-hydrogen) atoms. The van der Waals surface area contributed by atoms with Crippen LogP contribution in [0.3, 0.4) is 0 Å². The van der Waals surface area contributed by atoms with Gasteiger partial charge in [0.25, 0.3) is 0 Å². The van der Waals surface area contributed by atoms with Gasteiger partial charge in [0.05, 0.1) is 11.5 Å². The van der Waals surface area contributed by atoms with Crippen LogP contribution < -0.4 is 0 Å². The van der Waals surface area contributed by atoms with E-state index in [1.807, 2.05) is 0 Å². The number of rotatable bonds is 0. The van der Waals surface area contributed by atoms with Crippen molar-refractivity contribution in [2.45, 2.75) is 6.92 Å². The SMILES string of the molecule is CC1=NSCC1=O.[Na]. The number of carbonyl (C=O) groups is 1. The van der Waals surface area contributed by atoms with Gasteiger partial charge >= 0.3 is 0 Å². The van der Waals surface area contributed by atoms with Gasteiger partial charge in [-0.25, -0.2) is 4.40 Å². The normalized spacial score (nSPS) is 17.6. The molecule has 0 atom stereocenters. The van der Waals surface area contributed by atoms with Crippen molar-refractivity contribution in [3.8, 4) is 0 Å². The largest absolute Gasteiger partial charge is 0.292 e. The molecule has 0 N–H and O–H groups in total. The Morgan fingerprint density at radius 3 is 2.50 bits per heavy atom. The van der Waals surface area contributed by atoms with E-state index in [0.717, 1.165) is 0 Å². The average Bonchev–Trinajstić information content (AvgIpc) is 1.91. The van der Waals surface area contributed by atoms with E-state index in [4.69, 9.17) is 0 Å². The molecule has 0 aromatic rings. The minimum absolute atomic E-state index is 0. The molecule has 1 radical (unpaired) electrons. The number of Topliss-reactive ketones (excluding diaryl/α,β-unsaturated/α-hetero) is 1. The van der Waals surface area contributed by atoms with Crippen molar-refractivity contribution < 1.29 is 4.79 Å². The van der Waals surface area contributed by atoms with Crippen molar-refractivity contribution in [1.82, 2.24) is 0 Å². The van der Waals surface area contributed by atoms with Crippen LogP contribution in [0.2, 0.25) is 0 Å². The van der Waals surface area contributed by atoms with E-state index in [1.54, 1.807) is 6.92 Å². The van der Waals surface area contributed by atoms with Crippen LogP contribution in [0.4, 0.5) is 0 Å². The first-order valence-electron chi connectivity index (χ1n) is 2.00. The fourth-order valence-corrected chi connectivity index (χ4v) is 1.03. The molecule has 2 nitrogen and oxygen atoms in total. The average molecular weight is 138 g/mol. The van der Waals surface area contributed by atoms with Gasteiger partial charge in [-0.1, -0.05) is 0 Å². The molecule has 0 saturated heterocycles. The van der Waals surface area contributed by atoms with Crippen LogP contribution in [0.25, 0.3) is 0 Å². The Kier molecular flexibility index (Phi) is 3.98. The fraction of sp³-hybridized carbons (Fsp3) is 0.500. The van der Waals surface area contributed by atoms with Crippen molar-refractivity contribution in [3.05, 3.63) is 0 Å². The Morgan fingerprint density at radius 2 is 2.38 bits per heavy atom. The summed E-state index contributed by atoms with van der Waals surface area (Å²) in [6.45, 7) is 1.74. The standard InChI is InChI=1S/C4H5NOS.Na/c1-3-4(6)2-7-5-3;/h2H2,1H3;. The van der Waals surface area contributed by atoms with Gasteiger partial charge < -0.3 is 0 Å². The summed E-state index contributed by atoms with van der Waals surface area (Å²) >= 11 is 1.33. The smallest absolute Gasteiger partial charge is 0.189 e. The van der Waals surface area contributed by atoms with E-state index in [2.05, 4.69) is 4.40 Å². The van der Waals surface area contributed by atoms with Gasteiger partial charge in [0.2, 0.25) is 0 Å². The van der Waals surface area contributed by atoms with Crippen molar-refractivity contribution in [2.75, 3.05) is 5.75 Å². The second-order valence-corrected chi connectivity index (χ2v) is 2.10. The van der Waals surface area contributed by atoms with Gasteiger partial charge in [-0.2, -0.15) is 0 Å². The van der Waals surface area contributed by atoms with Crippen LogP contribution in [-0.4, -0.2) is 46.8 Å². The van der Waals surface area contributed by atoms with Gasteiger partial charge in [0.15, 0.2) is 5.78 Å². The quantitative estimate of drug-likeness (QED) is 0.356. The van der Waals surface area contributed by atoms with E-state index >= 15 is 0 Å². The molecule has 0 bridgehead atoms. The third kappa shape index (κ3) is 1.90. The van der Waals surface area contributed by atoms with Crippen molar-refractivity contribution >= 4 is 53.0 Å². The number of ketones is 1. The molecule has 0 aliphatic carbocycles. The molecule has 0 amide bonds. The molecule has 0 fully saturated rings. The Hall–Kier alpha value is 0.690. The van der Waals surface area contributed by atoms with E-state index < -0.39 is 0 Å². The van der Waals surface area contributed by atoms with Crippen LogP contribution in [0.5, 0.6) is 0 Å². The van der Waals surface area contributed by atoms with Gasteiger partial charge in [-0.05, 0) is 18.9 Å². The first kappa shape index (κ1) is 8.69. The molecule has 0 aromatic heterocycles. The Bertz CT molecular complexity index is 134. The maximum atomic E-state index is 10.4. The zero-order chi connectivity index (χ0) is 5.28. The Labute approximate surface area is 74.6 Å². The maximum Gasteiger partial charge on any atom is 0.189 e. The van der Waals surface area contributed by atoms with Crippen LogP contribution in [0, 0.1) is 0 Å². The molecule has 0 saturated carbocycles. The number of carbonyl (C=O) groups excluding carboxylic acids is 1. The van der Waals surface area contributed by atoms with E-state index in [1.165, 1.54) is 11.9 Å². The van der Waals surface area contributed by atoms with Gasteiger partial charge in [-0.3, -0.25) is 4.79 Å². The van der Waals surface area contributed by atoms with E-state index in [0.29, 0.717) is 11.5 Å². The van der Waals surface area contributed by atoms with Crippen molar-refractivity contribution in [2.24, 2.45) is 4.40 Å². The molecule has 1 rings (SSSR count). The minimum Gasteiger partial charge on any atom is -0.292 e. The molecule has 0 spiro atoms. The molecule has 4 heteroatoms. The van der Waals surface area contributed by atoms with Crippen LogP contribution in [-0.2, 0) is 4.79 Å². The second kappa shape index (κ2) is 3.67. The molecule has 1 aliphatic heterocycles. The summed E-state index contributed by atoms with van der Waals surface area (Å²) in [5.74, 6) is 0.719. The summed E-state index contributed by atoms with van der Waals surface area (Å²) in [5.41, 5.74) is 0.657. The maximum absolute atomic E-state index is 10.4. The van der Waals surface area contributed by atoms with E-state index in [9.17, 15) is 4.79 Å². The predicted molar refractivity (Wildman–Crippen MR) is 36.3 cm³/mol. The summed E-state index contributed by atoms with van der Waals surface area (Å²) in [6, 6.07) is 0. The molecular formula is C4H5NNaOS. The molecule has 1 aliphatic rings. The van der Waals surface area contributed by atoms with Crippen LogP contribution in [0.15, 0.2) is 4.40 Å². The van der Waals surface area contributed by atoms with Crippen LogP contribution in [0.1, 0.15) is 6.92 Å². The third-order valence-electron chi connectivity index (χ3n) is 0.801. The topological polar surface area (TPSA) is 29.4 Å². The number of hydrogen-bond acceptors (Lipinski definition) is 3. The fourth-order valence-electron chi connectivity index (χ4n) is 0.343. The number of hydrogen-bond donors (Lipinski definition) is 0. The third-order valence-corrected chi connectivity index (χ3v) is 1.59. The van der Waals surface area contributed by atoms with Crippen LogP contribution >= 0.6 is 11.9 Å². The summed E-state index contributed by atoms with van der Waals surface area (Å²) < 4.78 is 3.80. The second-order valence-electron chi connectivity index (χ2n) is 1.37. The van der Waals surface area contributed by atoms with Gasteiger partial charge in [-0.15, -0.1) is 0 Å². The first-order chi connectivity index (χ1) is 3.30. The zero-order valence-corrected chi connectivity index (χ0v) is 7.79. The molecular weight excluding hydrogens is 133 g/mol.